The molecule has 19 heavy (non-hydrogen) atoms. The topological polar surface area (TPSA) is 106 Å². The van der Waals surface area contributed by atoms with Crippen molar-refractivity contribution < 1.29 is 19.5 Å². The summed E-state index contributed by atoms with van der Waals surface area (Å²) in [5.74, 6) is -0.394. The van der Waals surface area contributed by atoms with Crippen LogP contribution in [0.5, 0.6) is 0 Å². The average molecular weight is 265 g/mol. The molecule has 0 radical (unpaired) electrons. The second kappa shape index (κ2) is 6.17. The first kappa shape index (κ1) is 13.3. The summed E-state index contributed by atoms with van der Waals surface area (Å²) in [5, 5.41) is 14.3. The van der Waals surface area contributed by atoms with Gasteiger partial charge in [0, 0.05) is 5.56 Å². The van der Waals surface area contributed by atoms with Gasteiger partial charge in [-0.05, 0) is 12.1 Å². The van der Waals surface area contributed by atoms with Gasteiger partial charge < -0.3 is 25.7 Å². The molecular formula is C12H15N3O4. The molecule has 1 heterocycles. The van der Waals surface area contributed by atoms with E-state index in [-0.39, 0.29) is 18.3 Å². The summed E-state index contributed by atoms with van der Waals surface area (Å²) in [7, 11) is 0. The van der Waals surface area contributed by atoms with Crippen LogP contribution >= 0.6 is 0 Å². The lowest BCUT2D eigenvalue weighted by molar-refractivity contribution is -0.142. The fourth-order valence-corrected chi connectivity index (χ4v) is 1.72. The van der Waals surface area contributed by atoms with E-state index >= 15 is 0 Å². The molecule has 7 heteroatoms. The number of nitrogens with zero attached hydrogens (tertiary/aromatic N) is 1. The molecule has 0 bridgehead atoms. The molecule has 1 unspecified atom stereocenters. The van der Waals surface area contributed by atoms with Gasteiger partial charge in [0.1, 0.15) is 0 Å². The van der Waals surface area contributed by atoms with Gasteiger partial charge in [-0.15, -0.1) is 0 Å². The summed E-state index contributed by atoms with van der Waals surface area (Å²) >= 11 is 0. The van der Waals surface area contributed by atoms with Crippen molar-refractivity contribution in [3.05, 3.63) is 29.8 Å². The highest BCUT2D eigenvalue weighted by atomic mass is 16.6. The van der Waals surface area contributed by atoms with Crippen LogP contribution in [-0.2, 0) is 14.3 Å². The van der Waals surface area contributed by atoms with E-state index in [0.29, 0.717) is 24.5 Å². The van der Waals surface area contributed by atoms with Crippen LogP contribution in [0.3, 0.4) is 0 Å². The lowest BCUT2D eigenvalue weighted by Crippen LogP contribution is -2.39. The quantitative estimate of drug-likeness (QED) is 0.312. The Labute approximate surface area is 110 Å². The highest BCUT2D eigenvalue weighted by molar-refractivity contribution is 6.06. The van der Waals surface area contributed by atoms with Gasteiger partial charge in [-0.25, -0.2) is 0 Å². The molecule has 1 amide bonds. The summed E-state index contributed by atoms with van der Waals surface area (Å²) in [6.45, 7) is 1.10. The van der Waals surface area contributed by atoms with E-state index in [2.05, 4.69) is 10.5 Å². The molecule has 0 aromatic heterocycles. The molecule has 7 nitrogen and oxygen atoms in total. The van der Waals surface area contributed by atoms with Crippen molar-refractivity contribution >= 4 is 17.4 Å². The van der Waals surface area contributed by atoms with Crippen molar-refractivity contribution in [2.45, 2.75) is 6.10 Å². The number of hydrogen-bond donors (Lipinski definition) is 3. The van der Waals surface area contributed by atoms with Gasteiger partial charge in [-0.3, -0.25) is 4.79 Å². The lowest BCUT2D eigenvalue weighted by atomic mass is 10.1. The number of carbonyl (C=O) groups is 1. The highest BCUT2D eigenvalue weighted by Gasteiger charge is 2.23. The van der Waals surface area contributed by atoms with Crippen molar-refractivity contribution in [2.75, 3.05) is 25.1 Å². The molecule has 0 saturated carbocycles. The number of carbonyl (C=O) groups excluding carboxylic acids is 1. The molecule has 1 fully saturated rings. The standard InChI is InChI=1S/C12H15N3O4/c13-11(15-17)8-3-1-2-4-9(8)14-12(16)10-7-18-5-6-19-10/h1-4,10,17H,5-7H2,(H2,13,15)(H,14,16). The second-order valence-electron chi connectivity index (χ2n) is 3.95. The molecule has 2 rings (SSSR count). The van der Waals surface area contributed by atoms with Gasteiger partial charge in [0.25, 0.3) is 5.91 Å². The molecule has 0 aliphatic carbocycles. The second-order valence-corrected chi connectivity index (χ2v) is 3.95. The summed E-state index contributed by atoms with van der Waals surface area (Å²) in [4.78, 5) is 12.0. The molecule has 1 aliphatic rings. The van der Waals surface area contributed by atoms with E-state index in [4.69, 9.17) is 20.4 Å². The maximum Gasteiger partial charge on any atom is 0.255 e. The Hall–Kier alpha value is -2.12. The number of hydrogen-bond acceptors (Lipinski definition) is 5. The fraction of sp³-hybridized carbons (Fsp3) is 0.333. The Bertz CT molecular complexity index is 484. The number of amides is 1. The van der Waals surface area contributed by atoms with Crippen LogP contribution in [0.15, 0.2) is 29.4 Å². The van der Waals surface area contributed by atoms with E-state index in [9.17, 15) is 4.79 Å². The molecule has 1 aliphatic heterocycles. The van der Waals surface area contributed by atoms with Crippen molar-refractivity contribution in [1.82, 2.24) is 0 Å². The number of ether oxygens (including phenoxy) is 2. The van der Waals surface area contributed by atoms with E-state index < -0.39 is 6.10 Å². The molecule has 1 atom stereocenters. The molecule has 1 saturated heterocycles. The zero-order chi connectivity index (χ0) is 13.7. The molecule has 102 valence electrons. The number of nitrogens with two attached hydrogens (primary N) is 1. The molecular weight excluding hydrogens is 250 g/mol. The Kier molecular flexibility index (Phi) is 4.32. The smallest absolute Gasteiger partial charge is 0.255 e. The minimum Gasteiger partial charge on any atom is -0.409 e. The van der Waals surface area contributed by atoms with E-state index in [1.165, 1.54) is 0 Å². The highest BCUT2D eigenvalue weighted by Crippen LogP contribution is 2.15. The predicted molar refractivity (Wildman–Crippen MR) is 68.1 cm³/mol. The van der Waals surface area contributed by atoms with Gasteiger partial charge in [0.15, 0.2) is 11.9 Å². The van der Waals surface area contributed by atoms with E-state index in [1.54, 1.807) is 24.3 Å². The number of nitrogens with one attached hydrogen (secondary N) is 1. The Morgan fingerprint density at radius 2 is 2.21 bits per heavy atom. The SMILES string of the molecule is NC(=NO)c1ccccc1NC(=O)C1COCCO1. The average Bonchev–Trinajstić information content (AvgIpc) is 2.48. The molecule has 4 N–H and O–H groups in total. The zero-order valence-corrected chi connectivity index (χ0v) is 10.2. The van der Waals surface area contributed by atoms with Crippen molar-refractivity contribution in [1.29, 1.82) is 0 Å². The number of anilines is 1. The maximum absolute atomic E-state index is 12.0. The summed E-state index contributed by atoms with van der Waals surface area (Å²) in [5.41, 5.74) is 6.44. The third-order valence-electron chi connectivity index (χ3n) is 2.68. The third-order valence-corrected chi connectivity index (χ3v) is 2.68. The number of oxime groups is 1. The van der Waals surface area contributed by atoms with Crippen molar-refractivity contribution in [3.8, 4) is 0 Å². The van der Waals surface area contributed by atoms with E-state index in [0.717, 1.165) is 0 Å². The Morgan fingerprint density at radius 1 is 1.42 bits per heavy atom. The largest absolute Gasteiger partial charge is 0.409 e. The monoisotopic (exact) mass is 265 g/mol. The molecule has 1 aromatic carbocycles. The van der Waals surface area contributed by atoms with E-state index in [1.807, 2.05) is 0 Å². The Balaban J connectivity index is 2.12. The zero-order valence-electron chi connectivity index (χ0n) is 10.2. The van der Waals surface area contributed by atoms with Gasteiger partial charge in [0.05, 0.1) is 25.5 Å². The van der Waals surface area contributed by atoms with Gasteiger partial charge >= 0.3 is 0 Å². The van der Waals surface area contributed by atoms with Crippen LogP contribution in [0.2, 0.25) is 0 Å². The Morgan fingerprint density at radius 3 is 2.89 bits per heavy atom. The van der Waals surface area contributed by atoms with Crippen molar-refractivity contribution in [2.24, 2.45) is 10.9 Å². The van der Waals surface area contributed by atoms with Crippen LogP contribution in [0.4, 0.5) is 5.69 Å². The van der Waals surface area contributed by atoms with Crippen LogP contribution in [-0.4, -0.2) is 42.9 Å². The summed E-state index contributed by atoms with van der Waals surface area (Å²) in [6.07, 6.45) is -0.644. The van der Waals surface area contributed by atoms with Gasteiger partial charge in [-0.2, -0.15) is 0 Å². The van der Waals surface area contributed by atoms with Crippen molar-refractivity contribution in [3.63, 3.8) is 0 Å². The molecule has 1 aromatic rings. The first-order valence-electron chi connectivity index (χ1n) is 5.79. The minimum absolute atomic E-state index is 0.0725. The number of amidine groups is 1. The third kappa shape index (κ3) is 3.21. The summed E-state index contributed by atoms with van der Waals surface area (Å²) in [6, 6.07) is 6.77. The normalized spacial score (nSPS) is 20.0. The summed E-state index contributed by atoms with van der Waals surface area (Å²) < 4.78 is 10.5. The van der Waals surface area contributed by atoms with Gasteiger partial charge in [0.2, 0.25) is 0 Å². The van der Waals surface area contributed by atoms with Crippen LogP contribution in [0.25, 0.3) is 0 Å². The van der Waals surface area contributed by atoms with Crippen LogP contribution < -0.4 is 11.1 Å². The number of para-hydroxylation sites is 1. The lowest BCUT2D eigenvalue weighted by Gasteiger charge is -2.22. The molecule has 0 spiro atoms. The van der Waals surface area contributed by atoms with Crippen LogP contribution in [0, 0.1) is 0 Å². The first-order chi connectivity index (χ1) is 9.22. The maximum atomic E-state index is 12.0. The minimum atomic E-state index is -0.644. The predicted octanol–water partition coefficient (Wildman–Crippen LogP) is 0.135. The fourth-order valence-electron chi connectivity index (χ4n) is 1.72. The number of rotatable bonds is 3. The first-order valence-corrected chi connectivity index (χ1v) is 5.79. The van der Waals surface area contributed by atoms with Gasteiger partial charge in [-0.1, -0.05) is 17.3 Å². The number of benzene rings is 1. The van der Waals surface area contributed by atoms with Crippen LogP contribution in [0.1, 0.15) is 5.56 Å².